The molecular formula is C29H41N3O5. The minimum atomic E-state index is -1.02. The molecule has 3 amide bonds. The Kier molecular flexibility index (Phi) is 10.7. The first kappa shape index (κ1) is 29.8. The van der Waals surface area contributed by atoms with Crippen molar-refractivity contribution in [1.82, 2.24) is 15.5 Å². The van der Waals surface area contributed by atoms with Gasteiger partial charge < -0.3 is 25.4 Å². The molecule has 0 fully saturated rings. The Hall–Kier alpha value is -3.39. The van der Waals surface area contributed by atoms with Gasteiger partial charge >= 0.3 is 6.09 Å². The van der Waals surface area contributed by atoms with Crippen molar-refractivity contribution >= 4 is 17.9 Å². The van der Waals surface area contributed by atoms with Gasteiger partial charge in [-0.2, -0.15) is 0 Å². The van der Waals surface area contributed by atoms with Crippen LogP contribution in [0.3, 0.4) is 0 Å². The number of hydrogen-bond acceptors (Lipinski definition) is 5. The molecule has 0 spiro atoms. The second-order valence-corrected chi connectivity index (χ2v) is 10.5. The first-order valence-corrected chi connectivity index (χ1v) is 12.6. The van der Waals surface area contributed by atoms with Gasteiger partial charge in [0.25, 0.3) is 0 Å². The Morgan fingerprint density at radius 1 is 0.973 bits per heavy atom. The second kappa shape index (κ2) is 13.2. The lowest BCUT2D eigenvalue weighted by molar-refractivity contribution is -0.143. The lowest BCUT2D eigenvalue weighted by atomic mass is 9.94. The van der Waals surface area contributed by atoms with Crippen molar-refractivity contribution in [3.05, 3.63) is 70.8 Å². The summed E-state index contributed by atoms with van der Waals surface area (Å²) in [4.78, 5) is 41.7. The number of alkyl carbamates (subject to hydrolysis) is 1. The summed E-state index contributed by atoms with van der Waals surface area (Å²) in [5.74, 6) is -0.852. The number of rotatable bonds is 10. The number of carbonyl (C=O) groups excluding carboxylic acids is 3. The van der Waals surface area contributed by atoms with E-state index in [0.29, 0.717) is 5.56 Å². The Labute approximate surface area is 220 Å². The highest BCUT2D eigenvalue weighted by Gasteiger charge is 2.37. The number of amides is 3. The fourth-order valence-electron chi connectivity index (χ4n) is 4.06. The summed E-state index contributed by atoms with van der Waals surface area (Å²) < 4.78 is 5.43. The molecule has 2 aromatic carbocycles. The van der Waals surface area contributed by atoms with Crippen molar-refractivity contribution in [3.63, 3.8) is 0 Å². The molecular weight excluding hydrogens is 470 g/mol. The largest absolute Gasteiger partial charge is 0.444 e. The molecule has 8 heteroatoms. The maximum atomic E-state index is 14.1. The van der Waals surface area contributed by atoms with Gasteiger partial charge in [-0.25, -0.2) is 4.79 Å². The third-order valence-electron chi connectivity index (χ3n) is 5.83. The Morgan fingerprint density at radius 3 is 2.19 bits per heavy atom. The molecule has 37 heavy (non-hydrogen) atoms. The number of nitrogens with zero attached hydrogens (tertiary/aromatic N) is 1. The van der Waals surface area contributed by atoms with Gasteiger partial charge in [0.1, 0.15) is 17.7 Å². The highest BCUT2D eigenvalue weighted by molar-refractivity contribution is 5.92. The van der Waals surface area contributed by atoms with Crippen molar-refractivity contribution in [2.45, 2.75) is 78.6 Å². The maximum Gasteiger partial charge on any atom is 0.408 e. The standard InChI is InChI=1S/C29H41N3O5/c1-19(2)30-26(34)25(23-15-11-12-20(3)21(23)4)32(16-17-33)27(35)24(18-22-13-9-8-10-14-22)31-28(36)37-29(5,6)7/h8-15,19,24-25,33H,16-18H2,1-7H3,(H,30,34)(H,31,36). The van der Waals surface area contributed by atoms with Gasteiger partial charge in [0.05, 0.1) is 6.61 Å². The Morgan fingerprint density at radius 2 is 1.62 bits per heavy atom. The van der Waals surface area contributed by atoms with Crippen molar-refractivity contribution in [2.24, 2.45) is 0 Å². The molecule has 2 atom stereocenters. The first-order valence-electron chi connectivity index (χ1n) is 12.6. The second-order valence-electron chi connectivity index (χ2n) is 10.5. The number of nitrogens with one attached hydrogen (secondary N) is 2. The van der Waals surface area contributed by atoms with Gasteiger partial charge in [0.15, 0.2) is 0 Å². The molecule has 2 unspecified atom stereocenters. The van der Waals surface area contributed by atoms with E-state index in [1.54, 1.807) is 20.8 Å². The molecule has 8 nitrogen and oxygen atoms in total. The molecule has 0 saturated carbocycles. The van der Waals surface area contributed by atoms with Gasteiger partial charge in [0, 0.05) is 19.0 Å². The zero-order chi connectivity index (χ0) is 27.8. The molecule has 0 bridgehead atoms. The summed E-state index contributed by atoms with van der Waals surface area (Å²) in [6, 6.07) is 12.7. The molecule has 0 radical (unpaired) electrons. The molecule has 0 aliphatic carbocycles. The monoisotopic (exact) mass is 511 g/mol. The summed E-state index contributed by atoms with van der Waals surface area (Å²) in [6.07, 6.45) is -0.549. The quantitative estimate of drug-likeness (QED) is 0.449. The summed E-state index contributed by atoms with van der Waals surface area (Å²) in [5, 5.41) is 15.6. The number of hydrogen-bond donors (Lipinski definition) is 3. The molecule has 0 aliphatic heterocycles. The molecule has 3 N–H and O–H groups in total. The zero-order valence-corrected chi connectivity index (χ0v) is 23.0. The van der Waals surface area contributed by atoms with E-state index in [9.17, 15) is 19.5 Å². The van der Waals surface area contributed by atoms with Crippen LogP contribution < -0.4 is 10.6 Å². The van der Waals surface area contributed by atoms with Crippen LogP contribution in [-0.2, 0) is 20.7 Å². The molecule has 202 valence electrons. The van der Waals surface area contributed by atoms with E-state index in [-0.39, 0.29) is 31.5 Å². The van der Waals surface area contributed by atoms with Crippen LogP contribution in [0.25, 0.3) is 0 Å². The number of aliphatic hydroxyl groups is 1. The molecule has 0 aliphatic rings. The van der Waals surface area contributed by atoms with Gasteiger partial charge in [-0.1, -0.05) is 48.5 Å². The van der Waals surface area contributed by atoms with Crippen molar-refractivity contribution < 1.29 is 24.2 Å². The van der Waals surface area contributed by atoms with Gasteiger partial charge in [-0.05, 0) is 70.7 Å². The number of carbonyl (C=O) groups is 3. The summed E-state index contributed by atoms with van der Waals surface area (Å²) >= 11 is 0. The normalized spacial score (nSPS) is 13.0. The average Bonchev–Trinajstić information content (AvgIpc) is 2.79. The molecule has 0 aromatic heterocycles. The predicted octanol–water partition coefficient (Wildman–Crippen LogP) is 3.83. The topological polar surface area (TPSA) is 108 Å². The summed E-state index contributed by atoms with van der Waals surface area (Å²) in [5.41, 5.74) is 2.59. The van der Waals surface area contributed by atoms with Crippen LogP contribution in [-0.4, -0.2) is 58.8 Å². The number of aryl methyl sites for hydroxylation is 1. The lowest BCUT2D eigenvalue weighted by Crippen LogP contribution is -2.55. The van der Waals surface area contributed by atoms with E-state index >= 15 is 0 Å². The van der Waals surface area contributed by atoms with E-state index < -0.39 is 29.7 Å². The van der Waals surface area contributed by atoms with E-state index in [4.69, 9.17) is 4.74 Å². The number of benzene rings is 2. The van der Waals surface area contributed by atoms with Crippen molar-refractivity contribution in [2.75, 3.05) is 13.2 Å². The first-order chi connectivity index (χ1) is 17.3. The SMILES string of the molecule is Cc1cccc(C(C(=O)NC(C)C)N(CCO)C(=O)C(Cc2ccccc2)NC(=O)OC(C)(C)C)c1C. The lowest BCUT2D eigenvalue weighted by Gasteiger charge is -2.35. The van der Waals surface area contributed by atoms with Gasteiger partial charge in [0.2, 0.25) is 11.8 Å². The minimum Gasteiger partial charge on any atom is -0.444 e. The van der Waals surface area contributed by atoms with Crippen molar-refractivity contribution in [1.29, 1.82) is 0 Å². The molecule has 2 rings (SSSR count). The van der Waals surface area contributed by atoms with Crippen LogP contribution in [0.4, 0.5) is 4.79 Å². The minimum absolute atomic E-state index is 0.0936. The molecule has 2 aromatic rings. The third kappa shape index (κ3) is 8.89. The van der Waals surface area contributed by atoms with Crippen LogP contribution in [0.15, 0.2) is 48.5 Å². The smallest absolute Gasteiger partial charge is 0.408 e. The van der Waals surface area contributed by atoms with Crippen LogP contribution in [0, 0.1) is 13.8 Å². The van der Waals surface area contributed by atoms with Crippen LogP contribution >= 0.6 is 0 Å². The number of ether oxygens (including phenoxy) is 1. The fraction of sp³-hybridized carbons (Fsp3) is 0.483. The van der Waals surface area contributed by atoms with Crippen LogP contribution in [0.5, 0.6) is 0 Å². The van der Waals surface area contributed by atoms with Crippen LogP contribution in [0.1, 0.15) is 62.9 Å². The summed E-state index contributed by atoms with van der Waals surface area (Å²) in [6.45, 7) is 12.3. The van der Waals surface area contributed by atoms with E-state index in [1.807, 2.05) is 76.2 Å². The number of aliphatic hydroxyl groups excluding tert-OH is 1. The fourth-order valence-corrected chi connectivity index (χ4v) is 4.06. The van der Waals surface area contributed by atoms with E-state index in [2.05, 4.69) is 10.6 Å². The van der Waals surface area contributed by atoms with E-state index in [0.717, 1.165) is 16.7 Å². The molecule has 0 saturated heterocycles. The van der Waals surface area contributed by atoms with Crippen molar-refractivity contribution in [3.8, 4) is 0 Å². The molecule has 0 heterocycles. The highest BCUT2D eigenvalue weighted by Crippen LogP contribution is 2.27. The zero-order valence-electron chi connectivity index (χ0n) is 23.0. The van der Waals surface area contributed by atoms with Gasteiger partial charge in [-0.3, -0.25) is 9.59 Å². The van der Waals surface area contributed by atoms with Gasteiger partial charge in [-0.15, -0.1) is 0 Å². The predicted molar refractivity (Wildman–Crippen MR) is 144 cm³/mol. The third-order valence-corrected chi connectivity index (χ3v) is 5.83. The van der Waals surface area contributed by atoms with Crippen LogP contribution in [0.2, 0.25) is 0 Å². The Balaban J connectivity index is 2.56. The highest BCUT2D eigenvalue weighted by atomic mass is 16.6. The Bertz CT molecular complexity index is 1060. The average molecular weight is 512 g/mol. The maximum absolute atomic E-state index is 14.1. The summed E-state index contributed by atoms with van der Waals surface area (Å²) in [7, 11) is 0. The van der Waals surface area contributed by atoms with E-state index in [1.165, 1.54) is 4.90 Å².